The summed E-state index contributed by atoms with van der Waals surface area (Å²) in [4.78, 5) is 31.1. The number of guanidine groups is 1. The maximum Gasteiger partial charge on any atom is 0.325 e. The Hall–Kier alpha value is -1.76. The first-order valence-electron chi connectivity index (χ1n) is 5.92. The number of fused-ring (bicyclic) bond motifs is 1. The van der Waals surface area contributed by atoms with Crippen molar-refractivity contribution < 1.29 is 9.59 Å². The summed E-state index contributed by atoms with van der Waals surface area (Å²) in [7, 11) is 1.63. The van der Waals surface area contributed by atoms with Crippen LogP contribution in [0, 0.1) is 0 Å². The summed E-state index contributed by atoms with van der Waals surface area (Å²) < 4.78 is 0. The van der Waals surface area contributed by atoms with Crippen LogP contribution in [0.25, 0.3) is 0 Å². The number of rotatable bonds is 4. The van der Waals surface area contributed by atoms with Crippen LogP contribution in [-0.4, -0.2) is 65.9 Å². The van der Waals surface area contributed by atoms with Crippen molar-refractivity contribution in [3.8, 4) is 0 Å². The lowest BCUT2D eigenvalue weighted by atomic mass is 10.1. The molecule has 0 radical (unpaired) electrons. The Kier molecular flexibility index (Phi) is 3.94. The van der Waals surface area contributed by atoms with E-state index in [0.29, 0.717) is 24.9 Å². The van der Waals surface area contributed by atoms with Gasteiger partial charge in [0, 0.05) is 19.5 Å². The van der Waals surface area contributed by atoms with E-state index in [9.17, 15) is 9.59 Å². The van der Waals surface area contributed by atoms with Gasteiger partial charge in [-0.25, -0.2) is 9.79 Å². The molecule has 104 valence electrons. The van der Waals surface area contributed by atoms with Crippen molar-refractivity contribution in [2.45, 2.75) is 12.2 Å². The molecule has 0 aromatic heterocycles. The van der Waals surface area contributed by atoms with E-state index in [-0.39, 0.29) is 5.91 Å². The number of imide groups is 1. The number of nitrogens with one attached hydrogen (secondary N) is 2. The zero-order valence-electron chi connectivity index (χ0n) is 10.6. The van der Waals surface area contributed by atoms with Crippen LogP contribution in [0.4, 0.5) is 4.79 Å². The number of hydrogen-bond acceptors (Lipinski definition) is 3. The lowest BCUT2D eigenvalue weighted by molar-refractivity contribution is -0.126. The van der Waals surface area contributed by atoms with Crippen LogP contribution in [0.3, 0.4) is 0 Å². The fourth-order valence-corrected chi connectivity index (χ4v) is 2.39. The molecular formula is C11H16ClN5O2. The minimum Gasteiger partial charge on any atom is -0.333 e. The number of halogens is 1. The fraction of sp³-hybridized carbons (Fsp3) is 0.545. The average Bonchev–Trinajstić information content (AvgIpc) is 2.74. The van der Waals surface area contributed by atoms with Crippen molar-refractivity contribution in [2.75, 3.05) is 26.0 Å². The largest absolute Gasteiger partial charge is 0.333 e. The van der Waals surface area contributed by atoms with E-state index < -0.39 is 18.2 Å². The molecule has 2 N–H and O–H groups in total. The number of aliphatic imine (C=N–C) groups is 1. The monoisotopic (exact) mass is 285 g/mol. The van der Waals surface area contributed by atoms with Gasteiger partial charge in [0.25, 0.3) is 5.91 Å². The third kappa shape index (κ3) is 2.37. The number of amides is 3. The maximum atomic E-state index is 12.0. The highest BCUT2D eigenvalue weighted by molar-refractivity contribution is 6.18. The number of carbonyl (C=O) groups excluding carboxylic acids is 2. The number of alkyl halides is 1. The van der Waals surface area contributed by atoms with Crippen molar-refractivity contribution in [3.63, 3.8) is 0 Å². The quantitative estimate of drug-likeness (QED) is 0.542. The molecule has 2 heterocycles. The molecule has 7 nitrogen and oxygen atoms in total. The van der Waals surface area contributed by atoms with Gasteiger partial charge in [-0.05, 0) is 0 Å². The number of urea groups is 1. The molecule has 2 fully saturated rings. The molecule has 8 heteroatoms. The Labute approximate surface area is 116 Å². The third-order valence-corrected chi connectivity index (χ3v) is 3.28. The summed E-state index contributed by atoms with van der Waals surface area (Å²) >= 11 is 5.77. The van der Waals surface area contributed by atoms with Gasteiger partial charge in [0.15, 0.2) is 12.0 Å². The minimum atomic E-state index is -0.509. The summed E-state index contributed by atoms with van der Waals surface area (Å²) in [5, 5.41) is 5.40. The van der Waals surface area contributed by atoms with Crippen molar-refractivity contribution in [1.29, 1.82) is 0 Å². The molecule has 0 saturated carbocycles. The maximum absolute atomic E-state index is 12.0. The number of likely N-dealkylation sites (N-methyl/N-ethyl adjacent to an activating group) is 1. The first kappa shape index (κ1) is 13.7. The Morgan fingerprint density at radius 1 is 1.53 bits per heavy atom. The highest BCUT2D eigenvalue weighted by atomic mass is 35.5. The highest BCUT2D eigenvalue weighted by Crippen LogP contribution is 2.20. The number of hydrogen-bond donors (Lipinski definition) is 2. The summed E-state index contributed by atoms with van der Waals surface area (Å²) in [6, 6.07) is -0.931. The summed E-state index contributed by atoms with van der Waals surface area (Å²) in [5.41, 5.74) is 0. The smallest absolute Gasteiger partial charge is 0.325 e. The highest BCUT2D eigenvalue weighted by Gasteiger charge is 2.49. The predicted octanol–water partition coefficient (Wildman–Crippen LogP) is -0.451. The molecule has 2 aliphatic heterocycles. The van der Waals surface area contributed by atoms with Gasteiger partial charge in [-0.3, -0.25) is 10.1 Å². The van der Waals surface area contributed by atoms with Crippen molar-refractivity contribution in [3.05, 3.63) is 12.7 Å². The molecule has 2 rings (SSSR count). The SMILES string of the molecule is C=CCN=C1NC2C(C(=O)NC(=O)N2C)N1CCCl. The van der Waals surface area contributed by atoms with E-state index in [4.69, 9.17) is 11.6 Å². The predicted molar refractivity (Wildman–Crippen MR) is 71.9 cm³/mol. The van der Waals surface area contributed by atoms with Crippen LogP contribution in [0.15, 0.2) is 17.6 Å². The van der Waals surface area contributed by atoms with Gasteiger partial charge < -0.3 is 15.1 Å². The Morgan fingerprint density at radius 2 is 2.26 bits per heavy atom. The van der Waals surface area contributed by atoms with Crippen LogP contribution in [0.2, 0.25) is 0 Å². The van der Waals surface area contributed by atoms with Crippen molar-refractivity contribution >= 4 is 29.5 Å². The molecule has 0 aromatic rings. The van der Waals surface area contributed by atoms with E-state index in [0.717, 1.165) is 0 Å². The second-order valence-corrected chi connectivity index (χ2v) is 4.65. The van der Waals surface area contributed by atoms with Gasteiger partial charge in [-0.1, -0.05) is 6.08 Å². The average molecular weight is 286 g/mol. The Morgan fingerprint density at radius 3 is 2.89 bits per heavy atom. The molecule has 0 spiro atoms. The van der Waals surface area contributed by atoms with Gasteiger partial charge >= 0.3 is 6.03 Å². The molecule has 19 heavy (non-hydrogen) atoms. The van der Waals surface area contributed by atoms with Crippen LogP contribution in [-0.2, 0) is 4.79 Å². The fourth-order valence-electron chi connectivity index (χ4n) is 2.21. The Balaban J connectivity index is 2.29. The normalized spacial score (nSPS) is 28.2. The molecule has 2 aliphatic rings. The second-order valence-electron chi connectivity index (χ2n) is 4.27. The van der Waals surface area contributed by atoms with Crippen LogP contribution in [0.1, 0.15) is 0 Å². The molecule has 0 bridgehead atoms. The van der Waals surface area contributed by atoms with Crippen LogP contribution < -0.4 is 10.6 Å². The summed E-state index contributed by atoms with van der Waals surface area (Å²) in [5.74, 6) is 0.588. The van der Waals surface area contributed by atoms with Gasteiger partial charge in [-0.2, -0.15) is 0 Å². The van der Waals surface area contributed by atoms with E-state index in [2.05, 4.69) is 22.2 Å². The van der Waals surface area contributed by atoms with Crippen molar-refractivity contribution in [1.82, 2.24) is 20.4 Å². The first-order chi connectivity index (χ1) is 9.10. The zero-order chi connectivity index (χ0) is 14.0. The van der Waals surface area contributed by atoms with Crippen LogP contribution >= 0.6 is 11.6 Å². The summed E-state index contributed by atoms with van der Waals surface area (Å²) in [6.45, 7) is 4.51. The first-order valence-corrected chi connectivity index (χ1v) is 6.45. The molecule has 2 atom stereocenters. The molecule has 2 saturated heterocycles. The van der Waals surface area contributed by atoms with E-state index in [1.807, 2.05) is 0 Å². The lowest BCUT2D eigenvalue weighted by Gasteiger charge is -2.35. The van der Waals surface area contributed by atoms with E-state index >= 15 is 0 Å². The third-order valence-electron chi connectivity index (χ3n) is 3.12. The molecule has 3 amide bonds. The molecule has 0 aliphatic carbocycles. The van der Waals surface area contributed by atoms with Gasteiger partial charge in [-0.15, -0.1) is 18.2 Å². The number of carbonyl (C=O) groups is 2. The zero-order valence-corrected chi connectivity index (χ0v) is 11.4. The van der Waals surface area contributed by atoms with E-state index in [1.165, 1.54) is 4.90 Å². The van der Waals surface area contributed by atoms with E-state index in [1.54, 1.807) is 18.0 Å². The van der Waals surface area contributed by atoms with Gasteiger partial charge in [0.05, 0.1) is 6.54 Å². The van der Waals surface area contributed by atoms with Crippen LogP contribution in [0.5, 0.6) is 0 Å². The second kappa shape index (κ2) is 5.48. The molecule has 2 unspecified atom stereocenters. The number of nitrogens with zero attached hydrogens (tertiary/aromatic N) is 3. The summed E-state index contributed by atoms with van der Waals surface area (Å²) in [6.07, 6.45) is 1.23. The van der Waals surface area contributed by atoms with Gasteiger partial charge in [0.1, 0.15) is 6.17 Å². The van der Waals surface area contributed by atoms with Gasteiger partial charge in [0.2, 0.25) is 0 Å². The van der Waals surface area contributed by atoms with Crippen molar-refractivity contribution in [2.24, 2.45) is 4.99 Å². The minimum absolute atomic E-state index is 0.338. The standard InChI is InChI=1S/C11H16ClN5O2/c1-3-5-13-10-14-8-7(17(10)6-4-12)9(18)15-11(19)16(8)2/h3,7-8H,1,4-6H2,2H3,(H,13,14)(H,15,18,19). The lowest BCUT2D eigenvalue weighted by Crippen LogP contribution is -2.64. The topological polar surface area (TPSA) is 77.0 Å². The molecular weight excluding hydrogens is 270 g/mol. The molecule has 0 aromatic carbocycles. The Bertz CT molecular complexity index is 439.